The van der Waals surface area contributed by atoms with Crippen molar-refractivity contribution < 1.29 is 4.79 Å². The number of aromatic amines is 1. The SMILES string of the molecule is CCCCCCCCC(=O)N1CCCC1c1nc2ccc(C)cc2[nH]1. The van der Waals surface area contributed by atoms with Crippen molar-refractivity contribution in [3.05, 3.63) is 29.6 Å². The van der Waals surface area contributed by atoms with Crippen LogP contribution in [0.4, 0.5) is 0 Å². The number of unbranched alkanes of at least 4 members (excludes halogenated alkanes) is 5. The highest BCUT2D eigenvalue weighted by atomic mass is 16.2. The predicted molar refractivity (Wildman–Crippen MR) is 103 cm³/mol. The number of aromatic nitrogens is 2. The summed E-state index contributed by atoms with van der Waals surface area (Å²) in [6.45, 7) is 5.19. The maximum Gasteiger partial charge on any atom is 0.223 e. The van der Waals surface area contributed by atoms with Crippen LogP contribution >= 0.6 is 0 Å². The lowest BCUT2D eigenvalue weighted by Gasteiger charge is -2.23. The summed E-state index contributed by atoms with van der Waals surface area (Å²) in [6, 6.07) is 6.40. The summed E-state index contributed by atoms with van der Waals surface area (Å²) in [5, 5.41) is 0. The zero-order valence-corrected chi connectivity index (χ0v) is 15.7. The molecule has 0 radical (unpaired) electrons. The monoisotopic (exact) mass is 341 g/mol. The van der Waals surface area contributed by atoms with Crippen molar-refractivity contribution in [2.45, 2.75) is 77.7 Å². The molecule has 4 heteroatoms. The highest BCUT2D eigenvalue weighted by Gasteiger charge is 2.31. The molecule has 2 heterocycles. The van der Waals surface area contributed by atoms with Gasteiger partial charge in [-0.15, -0.1) is 0 Å². The number of carbonyl (C=O) groups excluding carboxylic acids is 1. The van der Waals surface area contributed by atoms with E-state index in [1.807, 2.05) is 0 Å². The van der Waals surface area contributed by atoms with Crippen LogP contribution in [0.2, 0.25) is 0 Å². The Morgan fingerprint density at radius 1 is 1.24 bits per heavy atom. The van der Waals surface area contributed by atoms with Crippen molar-refractivity contribution in [3.8, 4) is 0 Å². The lowest BCUT2D eigenvalue weighted by molar-refractivity contribution is -0.132. The first kappa shape index (κ1) is 18.0. The summed E-state index contributed by atoms with van der Waals surface area (Å²) in [7, 11) is 0. The molecule has 1 amide bonds. The summed E-state index contributed by atoms with van der Waals surface area (Å²) in [4.78, 5) is 22.9. The number of benzene rings is 1. The highest BCUT2D eigenvalue weighted by Crippen LogP contribution is 2.32. The van der Waals surface area contributed by atoms with E-state index in [2.05, 4.69) is 41.9 Å². The lowest BCUT2D eigenvalue weighted by Crippen LogP contribution is -2.30. The quantitative estimate of drug-likeness (QED) is 0.664. The van der Waals surface area contributed by atoms with Crippen LogP contribution in [0, 0.1) is 6.92 Å². The van der Waals surface area contributed by atoms with Crippen molar-refractivity contribution >= 4 is 16.9 Å². The highest BCUT2D eigenvalue weighted by molar-refractivity contribution is 5.78. The maximum absolute atomic E-state index is 12.7. The van der Waals surface area contributed by atoms with E-state index in [1.165, 1.54) is 37.7 Å². The second-order valence-electron chi connectivity index (χ2n) is 7.41. The van der Waals surface area contributed by atoms with Gasteiger partial charge < -0.3 is 9.88 Å². The number of rotatable bonds is 8. The van der Waals surface area contributed by atoms with Crippen molar-refractivity contribution in [3.63, 3.8) is 0 Å². The predicted octanol–water partition coefficient (Wildman–Crippen LogP) is 5.29. The van der Waals surface area contributed by atoms with E-state index in [4.69, 9.17) is 4.98 Å². The van der Waals surface area contributed by atoms with Crippen molar-refractivity contribution in [2.24, 2.45) is 0 Å². The molecule has 1 aliphatic rings. The van der Waals surface area contributed by atoms with Gasteiger partial charge in [0.2, 0.25) is 5.91 Å². The van der Waals surface area contributed by atoms with Gasteiger partial charge in [-0.05, 0) is 43.9 Å². The van der Waals surface area contributed by atoms with Crippen molar-refractivity contribution in [1.29, 1.82) is 0 Å². The van der Waals surface area contributed by atoms with Gasteiger partial charge in [0.05, 0.1) is 17.1 Å². The summed E-state index contributed by atoms with van der Waals surface area (Å²) >= 11 is 0. The van der Waals surface area contributed by atoms with Crippen molar-refractivity contribution in [1.82, 2.24) is 14.9 Å². The first-order valence-electron chi connectivity index (χ1n) is 9.94. The molecule has 1 atom stereocenters. The van der Waals surface area contributed by atoms with Gasteiger partial charge in [0.1, 0.15) is 5.82 Å². The van der Waals surface area contributed by atoms with Crippen molar-refractivity contribution in [2.75, 3.05) is 6.54 Å². The molecule has 0 saturated carbocycles. The Labute approximate surface area is 151 Å². The van der Waals surface area contributed by atoms with Gasteiger partial charge in [0.15, 0.2) is 0 Å². The number of carbonyl (C=O) groups is 1. The van der Waals surface area contributed by atoms with Gasteiger partial charge in [0, 0.05) is 13.0 Å². The minimum Gasteiger partial charge on any atom is -0.340 e. The van der Waals surface area contributed by atoms with Gasteiger partial charge in [-0.25, -0.2) is 4.98 Å². The minimum atomic E-state index is 0.125. The Morgan fingerprint density at radius 3 is 2.88 bits per heavy atom. The molecule has 4 nitrogen and oxygen atoms in total. The molecule has 1 aromatic carbocycles. The third-order valence-electron chi connectivity index (χ3n) is 5.29. The smallest absolute Gasteiger partial charge is 0.223 e. The molecule has 3 rings (SSSR count). The Hall–Kier alpha value is -1.84. The molecular formula is C21H31N3O. The third kappa shape index (κ3) is 4.42. The van der Waals surface area contributed by atoms with E-state index >= 15 is 0 Å². The molecule has 1 aliphatic heterocycles. The van der Waals surface area contributed by atoms with Gasteiger partial charge in [-0.3, -0.25) is 4.79 Å². The molecule has 1 fully saturated rings. The van der Waals surface area contributed by atoms with E-state index in [0.717, 1.165) is 42.7 Å². The first-order chi connectivity index (χ1) is 12.2. The summed E-state index contributed by atoms with van der Waals surface area (Å²) < 4.78 is 0. The van der Waals surface area contributed by atoms with Crippen LogP contribution in [0.15, 0.2) is 18.2 Å². The van der Waals surface area contributed by atoms with E-state index in [0.29, 0.717) is 12.3 Å². The minimum absolute atomic E-state index is 0.125. The average Bonchev–Trinajstić information content (AvgIpc) is 3.23. The largest absolute Gasteiger partial charge is 0.340 e. The Kier molecular flexibility index (Phi) is 6.11. The number of nitrogens with one attached hydrogen (secondary N) is 1. The molecule has 1 unspecified atom stereocenters. The van der Waals surface area contributed by atoms with Gasteiger partial charge in [-0.2, -0.15) is 0 Å². The summed E-state index contributed by atoms with van der Waals surface area (Å²) in [5.74, 6) is 1.25. The molecule has 0 aliphatic carbocycles. The molecule has 0 bridgehead atoms. The Balaban J connectivity index is 1.58. The molecule has 1 N–H and O–H groups in total. The number of likely N-dealkylation sites (tertiary alicyclic amines) is 1. The van der Waals surface area contributed by atoms with Crippen LogP contribution in [0.3, 0.4) is 0 Å². The van der Waals surface area contributed by atoms with E-state index in [9.17, 15) is 4.79 Å². The number of fused-ring (bicyclic) bond motifs is 1. The fourth-order valence-corrected chi connectivity index (χ4v) is 3.85. The molecule has 1 aromatic heterocycles. The van der Waals surface area contributed by atoms with Gasteiger partial charge in [0.25, 0.3) is 0 Å². The standard InChI is InChI=1S/C21H31N3O/c1-3-4-5-6-7-8-11-20(25)24-14-9-10-19(24)21-22-17-13-12-16(2)15-18(17)23-21/h12-13,15,19H,3-11,14H2,1-2H3,(H,22,23). The Bertz CT molecular complexity index is 706. The van der Waals surface area contributed by atoms with Gasteiger partial charge >= 0.3 is 0 Å². The fourth-order valence-electron chi connectivity index (χ4n) is 3.85. The number of hydrogen-bond donors (Lipinski definition) is 1. The molecule has 25 heavy (non-hydrogen) atoms. The maximum atomic E-state index is 12.7. The normalized spacial score (nSPS) is 17.5. The number of amides is 1. The second kappa shape index (κ2) is 8.50. The van der Waals surface area contributed by atoms with Crippen LogP contribution < -0.4 is 0 Å². The number of imidazole rings is 1. The van der Waals surface area contributed by atoms with E-state index in [1.54, 1.807) is 0 Å². The van der Waals surface area contributed by atoms with E-state index in [-0.39, 0.29) is 6.04 Å². The third-order valence-corrected chi connectivity index (χ3v) is 5.29. The molecule has 136 valence electrons. The number of nitrogens with zero attached hydrogens (tertiary/aromatic N) is 2. The summed E-state index contributed by atoms with van der Waals surface area (Å²) in [5.41, 5.74) is 3.30. The fraction of sp³-hybridized carbons (Fsp3) is 0.619. The zero-order chi connectivity index (χ0) is 17.6. The summed E-state index contributed by atoms with van der Waals surface area (Å²) in [6.07, 6.45) is 10.1. The Morgan fingerprint density at radius 2 is 2.04 bits per heavy atom. The molecule has 0 spiro atoms. The van der Waals surface area contributed by atoms with Crippen LogP contribution in [-0.2, 0) is 4.79 Å². The lowest BCUT2D eigenvalue weighted by atomic mass is 10.1. The van der Waals surface area contributed by atoms with Gasteiger partial charge in [-0.1, -0.05) is 45.1 Å². The number of H-pyrrole nitrogens is 1. The molecule has 2 aromatic rings. The molecular weight excluding hydrogens is 310 g/mol. The van der Waals surface area contributed by atoms with Crippen LogP contribution in [0.25, 0.3) is 11.0 Å². The molecule has 1 saturated heterocycles. The van der Waals surface area contributed by atoms with E-state index < -0.39 is 0 Å². The van der Waals surface area contributed by atoms with Crippen LogP contribution in [-0.4, -0.2) is 27.3 Å². The second-order valence-corrected chi connectivity index (χ2v) is 7.41. The first-order valence-corrected chi connectivity index (χ1v) is 9.94. The topological polar surface area (TPSA) is 49.0 Å². The van der Waals surface area contributed by atoms with Crippen LogP contribution in [0.5, 0.6) is 0 Å². The number of aryl methyl sites for hydroxylation is 1. The van der Waals surface area contributed by atoms with Crippen LogP contribution in [0.1, 0.15) is 82.1 Å². The average molecular weight is 341 g/mol. The zero-order valence-electron chi connectivity index (χ0n) is 15.7. The number of hydrogen-bond acceptors (Lipinski definition) is 2.